The molecule has 1 atom stereocenters. The van der Waals surface area contributed by atoms with Gasteiger partial charge in [-0.1, -0.05) is 62.6 Å². The zero-order valence-electron chi connectivity index (χ0n) is 16.7. The Bertz CT molecular complexity index is 437. The summed E-state index contributed by atoms with van der Waals surface area (Å²) >= 11 is 0. The molecule has 3 nitrogen and oxygen atoms in total. The molecule has 1 aliphatic heterocycles. The highest BCUT2D eigenvalue weighted by Crippen LogP contribution is 2.15. The van der Waals surface area contributed by atoms with Crippen molar-refractivity contribution < 1.29 is 14.2 Å². The van der Waals surface area contributed by atoms with Crippen LogP contribution in [0.4, 0.5) is 0 Å². The second-order valence-electron chi connectivity index (χ2n) is 7.51. The topological polar surface area (TPSA) is 27.7 Å². The molecule has 1 saturated heterocycles. The van der Waals surface area contributed by atoms with Crippen LogP contribution in [-0.4, -0.2) is 26.1 Å². The predicted octanol–water partition coefficient (Wildman–Crippen LogP) is 6.43. The smallest absolute Gasteiger partial charge is 0.157 e. The van der Waals surface area contributed by atoms with E-state index >= 15 is 0 Å². The molecule has 0 amide bonds. The van der Waals surface area contributed by atoms with Crippen molar-refractivity contribution in [1.82, 2.24) is 0 Å². The first kappa shape index (κ1) is 21.2. The summed E-state index contributed by atoms with van der Waals surface area (Å²) in [5, 5.41) is 0. The van der Waals surface area contributed by atoms with E-state index in [9.17, 15) is 0 Å². The van der Waals surface area contributed by atoms with E-state index in [1.54, 1.807) is 0 Å². The molecule has 0 aliphatic carbocycles. The normalized spacial score (nSPS) is 17.3. The van der Waals surface area contributed by atoms with Gasteiger partial charge in [0.15, 0.2) is 6.29 Å². The molecule has 1 aliphatic rings. The summed E-state index contributed by atoms with van der Waals surface area (Å²) < 4.78 is 17.1. The van der Waals surface area contributed by atoms with Crippen molar-refractivity contribution in [3.05, 3.63) is 29.8 Å². The van der Waals surface area contributed by atoms with Gasteiger partial charge in [-0.05, 0) is 51.2 Å². The number of benzene rings is 1. The van der Waals surface area contributed by atoms with Gasteiger partial charge in [0.05, 0.1) is 6.61 Å². The molecular weight excluding hydrogens is 324 g/mol. The maximum absolute atomic E-state index is 5.77. The molecule has 1 unspecified atom stereocenters. The van der Waals surface area contributed by atoms with Crippen LogP contribution in [0.3, 0.4) is 0 Å². The fourth-order valence-corrected chi connectivity index (χ4v) is 3.32. The van der Waals surface area contributed by atoms with Crippen molar-refractivity contribution in [2.75, 3.05) is 19.8 Å². The third-order valence-corrected chi connectivity index (χ3v) is 5.02. The Morgan fingerprint density at radius 2 is 1.42 bits per heavy atom. The lowest BCUT2D eigenvalue weighted by Crippen LogP contribution is -2.22. The molecule has 3 heteroatoms. The van der Waals surface area contributed by atoms with Crippen LogP contribution < -0.4 is 4.74 Å². The Morgan fingerprint density at radius 1 is 0.808 bits per heavy atom. The van der Waals surface area contributed by atoms with E-state index in [-0.39, 0.29) is 6.29 Å². The van der Waals surface area contributed by atoms with Gasteiger partial charge in [-0.25, -0.2) is 0 Å². The zero-order chi connectivity index (χ0) is 18.3. The monoisotopic (exact) mass is 362 g/mol. The van der Waals surface area contributed by atoms with E-state index in [4.69, 9.17) is 14.2 Å². The predicted molar refractivity (Wildman–Crippen MR) is 108 cm³/mol. The number of hydrogen-bond acceptors (Lipinski definition) is 3. The molecule has 0 radical (unpaired) electrons. The molecule has 0 aromatic heterocycles. The van der Waals surface area contributed by atoms with Crippen LogP contribution in [0, 0.1) is 6.92 Å². The van der Waals surface area contributed by atoms with Gasteiger partial charge < -0.3 is 14.2 Å². The van der Waals surface area contributed by atoms with E-state index in [2.05, 4.69) is 31.2 Å². The van der Waals surface area contributed by atoms with Gasteiger partial charge in [0.25, 0.3) is 0 Å². The number of ether oxygens (including phenoxy) is 3. The fourth-order valence-electron chi connectivity index (χ4n) is 3.32. The van der Waals surface area contributed by atoms with Crippen molar-refractivity contribution in [3.63, 3.8) is 0 Å². The van der Waals surface area contributed by atoms with Crippen LogP contribution in [0.1, 0.15) is 82.6 Å². The number of hydrogen-bond donors (Lipinski definition) is 0. The largest absolute Gasteiger partial charge is 0.494 e. The van der Waals surface area contributed by atoms with Crippen LogP contribution >= 0.6 is 0 Å². The first-order valence-electron chi connectivity index (χ1n) is 10.8. The van der Waals surface area contributed by atoms with Gasteiger partial charge in [-0.15, -0.1) is 0 Å². The standard InChI is InChI=1S/C23H38O3/c1-21-14-16-22(17-15-21)24-18-10-7-5-3-2-4-6-8-11-19-25-23-13-9-12-20-26-23/h14-17,23H,2-13,18-20H2,1H3. The van der Waals surface area contributed by atoms with Gasteiger partial charge in [-0.3, -0.25) is 0 Å². The number of aryl methyl sites for hydroxylation is 1. The Kier molecular flexibility index (Phi) is 11.5. The fraction of sp³-hybridized carbons (Fsp3) is 0.739. The summed E-state index contributed by atoms with van der Waals surface area (Å²) in [6, 6.07) is 8.32. The highest BCUT2D eigenvalue weighted by molar-refractivity contribution is 5.26. The molecular formula is C23H38O3. The van der Waals surface area contributed by atoms with Crippen LogP contribution in [0.25, 0.3) is 0 Å². The van der Waals surface area contributed by atoms with Crippen LogP contribution in [0.2, 0.25) is 0 Å². The Labute approximate surface area is 160 Å². The molecule has 2 rings (SSSR count). The lowest BCUT2D eigenvalue weighted by atomic mass is 10.1. The van der Waals surface area contributed by atoms with E-state index in [1.165, 1.54) is 69.8 Å². The summed E-state index contributed by atoms with van der Waals surface area (Å²) in [5.74, 6) is 0.995. The molecule has 1 aromatic rings. The highest BCUT2D eigenvalue weighted by Gasteiger charge is 2.13. The molecule has 148 valence electrons. The van der Waals surface area contributed by atoms with Crippen molar-refractivity contribution in [2.45, 2.75) is 90.3 Å². The minimum Gasteiger partial charge on any atom is -0.494 e. The van der Waals surface area contributed by atoms with Crippen LogP contribution in [0.5, 0.6) is 5.75 Å². The first-order chi connectivity index (χ1) is 12.8. The molecule has 0 spiro atoms. The quantitative estimate of drug-likeness (QED) is 0.357. The van der Waals surface area contributed by atoms with E-state index in [1.807, 2.05) is 0 Å². The Hall–Kier alpha value is -1.06. The summed E-state index contributed by atoms with van der Waals surface area (Å²) in [5.41, 5.74) is 1.28. The average molecular weight is 363 g/mol. The lowest BCUT2D eigenvalue weighted by molar-refractivity contribution is -0.162. The third kappa shape index (κ3) is 10.2. The zero-order valence-corrected chi connectivity index (χ0v) is 16.7. The van der Waals surface area contributed by atoms with Crippen molar-refractivity contribution in [1.29, 1.82) is 0 Å². The minimum atomic E-state index is 0.0822. The average Bonchev–Trinajstić information content (AvgIpc) is 2.68. The molecule has 0 bridgehead atoms. The van der Waals surface area contributed by atoms with Crippen molar-refractivity contribution >= 4 is 0 Å². The maximum atomic E-state index is 5.77. The van der Waals surface area contributed by atoms with Crippen LogP contribution in [0.15, 0.2) is 24.3 Å². The molecule has 1 fully saturated rings. The summed E-state index contributed by atoms with van der Waals surface area (Å²) in [6.45, 7) is 4.69. The van der Waals surface area contributed by atoms with E-state index in [0.29, 0.717) is 0 Å². The third-order valence-electron chi connectivity index (χ3n) is 5.02. The molecule has 0 saturated carbocycles. The molecule has 0 N–H and O–H groups in total. The highest BCUT2D eigenvalue weighted by atomic mass is 16.7. The Morgan fingerprint density at radius 3 is 2.04 bits per heavy atom. The van der Waals surface area contributed by atoms with E-state index < -0.39 is 0 Å². The van der Waals surface area contributed by atoms with E-state index in [0.717, 1.165) is 38.4 Å². The van der Waals surface area contributed by atoms with Crippen molar-refractivity contribution in [2.24, 2.45) is 0 Å². The van der Waals surface area contributed by atoms with Gasteiger partial charge in [-0.2, -0.15) is 0 Å². The summed E-state index contributed by atoms with van der Waals surface area (Å²) in [6.07, 6.45) is 15.3. The van der Waals surface area contributed by atoms with Gasteiger partial charge >= 0.3 is 0 Å². The summed E-state index contributed by atoms with van der Waals surface area (Å²) in [7, 11) is 0. The maximum Gasteiger partial charge on any atom is 0.157 e. The SMILES string of the molecule is Cc1ccc(OCCCCCCCCCCCOC2CCCCO2)cc1. The number of rotatable bonds is 14. The summed E-state index contributed by atoms with van der Waals surface area (Å²) in [4.78, 5) is 0. The molecule has 26 heavy (non-hydrogen) atoms. The van der Waals surface area contributed by atoms with Gasteiger partial charge in [0.2, 0.25) is 0 Å². The minimum absolute atomic E-state index is 0.0822. The Balaban J connectivity index is 1.28. The number of unbranched alkanes of at least 4 members (excludes halogenated alkanes) is 8. The van der Waals surface area contributed by atoms with Crippen molar-refractivity contribution in [3.8, 4) is 5.75 Å². The molecule has 1 heterocycles. The molecule has 1 aromatic carbocycles. The van der Waals surface area contributed by atoms with Gasteiger partial charge in [0, 0.05) is 13.2 Å². The van der Waals surface area contributed by atoms with Crippen LogP contribution in [-0.2, 0) is 9.47 Å². The second kappa shape index (κ2) is 14.1. The lowest BCUT2D eigenvalue weighted by Gasteiger charge is -2.22. The second-order valence-corrected chi connectivity index (χ2v) is 7.51. The first-order valence-corrected chi connectivity index (χ1v) is 10.8. The van der Waals surface area contributed by atoms with Gasteiger partial charge in [0.1, 0.15) is 5.75 Å².